The highest BCUT2D eigenvalue weighted by Crippen LogP contribution is 1.99. The second kappa shape index (κ2) is 13.5. The highest BCUT2D eigenvalue weighted by atomic mass is 16.5. The topological polar surface area (TPSA) is 40.5 Å². The Bertz CT molecular complexity index is 60.9. The first kappa shape index (κ1) is 14.4. The number of aliphatic hydroxyl groups is 2. The summed E-state index contributed by atoms with van der Waals surface area (Å²) in [7, 11) is 0. The molecule has 0 atom stereocenters. The van der Waals surface area contributed by atoms with Gasteiger partial charge in [-0.3, -0.25) is 0 Å². The van der Waals surface area contributed by atoms with Crippen molar-refractivity contribution in [3.8, 4) is 0 Å². The predicted octanol–water partition coefficient (Wildman–Crippen LogP) is 2.68. The maximum absolute atomic E-state index is 8.33. The zero-order valence-electron chi connectivity index (χ0n) is 8.71. The smallest absolute Gasteiger partial charge is 0.151 e. The van der Waals surface area contributed by atoms with Crippen LogP contribution in [0.25, 0.3) is 0 Å². The van der Waals surface area contributed by atoms with Gasteiger partial charge in [0.25, 0.3) is 0 Å². The molecule has 0 saturated carbocycles. The molecule has 0 heterocycles. The van der Waals surface area contributed by atoms with Gasteiger partial charge in [-0.25, -0.2) is 0 Å². The molecule has 76 valence electrons. The molecule has 2 N–H and O–H groups in total. The maximum Gasteiger partial charge on any atom is 0.151 e. The Kier molecular flexibility index (Phi) is 16.3. The molecular formula is C10H24O2. The van der Waals surface area contributed by atoms with Crippen LogP contribution in [-0.2, 0) is 0 Å². The third kappa shape index (κ3) is 22.5. The van der Waals surface area contributed by atoms with E-state index in [9.17, 15) is 0 Å². The summed E-state index contributed by atoms with van der Waals surface area (Å²) in [4.78, 5) is 0. The molecule has 2 heteroatoms. The molecule has 0 saturated heterocycles. The lowest BCUT2D eigenvalue weighted by atomic mass is 10.2. The van der Waals surface area contributed by atoms with Gasteiger partial charge in [0, 0.05) is 0 Å². The molecular weight excluding hydrogens is 152 g/mol. The first-order valence-corrected chi connectivity index (χ1v) is 5.05. The minimum absolute atomic E-state index is 0.522. The van der Waals surface area contributed by atoms with E-state index in [1.165, 1.54) is 12.8 Å². The second-order valence-electron chi connectivity index (χ2n) is 2.98. The fourth-order valence-electron chi connectivity index (χ4n) is 0.577. The van der Waals surface area contributed by atoms with Crippen LogP contribution in [0.15, 0.2) is 0 Å². The summed E-state index contributed by atoms with van der Waals surface area (Å²) in [6, 6.07) is 0. The Hall–Kier alpha value is -0.0800. The molecule has 0 aliphatic rings. The van der Waals surface area contributed by atoms with Gasteiger partial charge in [0.2, 0.25) is 0 Å². The molecule has 2 nitrogen and oxygen atoms in total. The Morgan fingerprint density at radius 2 is 1.33 bits per heavy atom. The molecule has 0 amide bonds. The predicted molar refractivity (Wildman–Crippen MR) is 52.9 cm³/mol. The van der Waals surface area contributed by atoms with Gasteiger partial charge in [-0.05, 0) is 12.8 Å². The lowest BCUT2D eigenvalue weighted by Crippen LogP contribution is -2.02. The van der Waals surface area contributed by atoms with Crippen molar-refractivity contribution in [2.45, 2.75) is 65.6 Å². The lowest BCUT2D eigenvalue weighted by Gasteiger charge is -1.99. The van der Waals surface area contributed by atoms with Gasteiger partial charge in [0.15, 0.2) is 6.29 Å². The number of aliphatic hydroxyl groups excluding tert-OH is 1. The minimum atomic E-state index is -1.10. The summed E-state index contributed by atoms with van der Waals surface area (Å²) in [5.74, 6) is 0. The largest absolute Gasteiger partial charge is 0.368 e. The summed E-state index contributed by atoms with van der Waals surface area (Å²) in [5.41, 5.74) is 0. The average Bonchev–Trinajstić information content (AvgIpc) is 2.05. The van der Waals surface area contributed by atoms with E-state index in [4.69, 9.17) is 10.2 Å². The van der Waals surface area contributed by atoms with Crippen LogP contribution in [0.4, 0.5) is 0 Å². The van der Waals surface area contributed by atoms with E-state index in [0.29, 0.717) is 6.42 Å². The zero-order chi connectivity index (χ0) is 9.82. The van der Waals surface area contributed by atoms with E-state index in [0.717, 1.165) is 19.3 Å². The normalized spacial score (nSPS) is 9.50. The molecule has 0 aromatic carbocycles. The molecule has 0 radical (unpaired) electrons. The fourth-order valence-corrected chi connectivity index (χ4v) is 0.577. The van der Waals surface area contributed by atoms with Crippen molar-refractivity contribution in [3.63, 3.8) is 0 Å². The van der Waals surface area contributed by atoms with Gasteiger partial charge in [-0.1, -0.05) is 46.5 Å². The van der Waals surface area contributed by atoms with E-state index in [1.54, 1.807) is 0 Å². The van der Waals surface area contributed by atoms with E-state index in [-0.39, 0.29) is 0 Å². The standard InChI is InChI=1S/C6H14O2.C4H10/c1-2-3-4-5-6(7)8;1-3-4-2/h6-8H,2-5H2,1H3;3-4H2,1-2H3. The molecule has 0 spiro atoms. The van der Waals surface area contributed by atoms with Crippen molar-refractivity contribution in [2.75, 3.05) is 0 Å². The Balaban J connectivity index is 0. The summed E-state index contributed by atoms with van der Waals surface area (Å²) in [6.45, 7) is 6.45. The number of unbranched alkanes of at least 4 members (excludes halogenated alkanes) is 3. The molecule has 0 bridgehead atoms. The Morgan fingerprint density at radius 1 is 0.833 bits per heavy atom. The van der Waals surface area contributed by atoms with Crippen LogP contribution in [-0.4, -0.2) is 16.5 Å². The summed E-state index contributed by atoms with van der Waals surface area (Å²) in [5, 5.41) is 16.7. The number of rotatable bonds is 5. The Labute approximate surface area is 76.6 Å². The Morgan fingerprint density at radius 3 is 1.58 bits per heavy atom. The SMILES string of the molecule is CCCC.CCCCCC(O)O. The molecule has 12 heavy (non-hydrogen) atoms. The van der Waals surface area contributed by atoms with Crippen LogP contribution in [0.3, 0.4) is 0 Å². The molecule has 0 fully saturated rings. The van der Waals surface area contributed by atoms with Crippen LogP contribution in [0.2, 0.25) is 0 Å². The van der Waals surface area contributed by atoms with E-state index in [1.807, 2.05) is 0 Å². The van der Waals surface area contributed by atoms with Crippen LogP contribution < -0.4 is 0 Å². The van der Waals surface area contributed by atoms with Gasteiger partial charge >= 0.3 is 0 Å². The minimum Gasteiger partial charge on any atom is -0.368 e. The fraction of sp³-hybridized carbons (Fsp3) is 1.00. The van der Waals surface area contributed by atoms with Crippen molar-refractivity contribution < 1.29 is 10.2 Å². The third-order valence-electron chi connectivity index (χ3n) is 1.57. The summed E-state index contributed by atoms with van der Waals surface area (Å²) in [6.07, 6.45) is 5.22. The second-order valence-corrected chi connectivity index (χ2v) is 2.98. The van der Waals surface area contributed by atoms with Gasteiger partial charge in [0.05, 0.1) is 0 Å². The van der Waals surface area contributed by atoms with E-state index in [2.05, 4.69) is 20.8 Å². The first-order valence-electron chi connectivity index (χ1n) is 5.05. The monoisotopic (exact) mass is 176 g/mol. The zero-order valence-corrected chi connectivity index (χ0v) is 8.71. The van der Waals surface area contributed by atoms with Gasteiger partial charge in [-0.15, -0.1) is 0 Å². The van der Waals surface area contributed by atoms with E-state index >= 15 is 0 Å². The molecule has 0 aliphatic carbocycles. The van der Waals surface area contributed by atoms with Gasteiger partial charge < -0.3 is 10.2 Å². The molecule has 0 aromatic rings. The van der Waals surface area contributed by atoms with Crippen LogP contribution in [0.5, 0.6) is 0 Å². The molecule has 0 aromatic heterocycles. The average molecular weight is 176 g/mol. The van der Waals surface area contributed by atoms with Crippen molar-refractivity contribution >= 4 is 0 Å². The number of hydrogen-bond acceptors (Lipinski definition) is 2. The van der Waals surface area contributed by atoms with Gasteiger partial charge in [-0.2, -0.15) is 0 Å². The third-order valence-corrected chi connectivity index (χ3v) is 1.57. The highest BCUT2D eigenvalue weighted by molar-refractivity contribution is 4.40. The van der Waals surface area contributed by atoms with Crippen molar-refractivity contribution in [1.82, 2.24) is 0 Å². The lowest BCUT2D eigenvalue weighted by molar-refractivity contribution is -0.0465. The van der Waals surface area contributed by atoms with Crippen molar-refractivity contribution in [3.05, 3.63) is 0 Å². The quantitative estimate of drug-likeness (QED) is 0.499. The van der Waals surface area contributed by atoms with Crippen molar-refractivity contribution in [2.24, 2.45) is 0 Å². The maximum atomic E-state index is 8.33. The van der Waals surface area contributed by atoms with Crippen molar-refractivity contribution in [1.29, 1.82) is 0 Å². The molecule has 0 unspecified atom stereocenters. The molecule has 0 rings (SSSR count). The van der Waals surface area contributed by atoms with E-state index < -0.39 is 6.29 Å². The van der Waals surface area contributed by atoms with Gasteiger partial charge in [0.1, 0.15) is 0 Å². The first-order chi connectivity index (χ1) is 5.68. The van der Waals surface area contributed by atoms with Crippen LogP contribution in [0, 0.1) is 0 Å². The summed E-state index contributed by atoms with van der Waals surface area (Å²) >= 11 is 0. The van der Waals surface area contributed by atoms with Crippen LogP contribution >= 0.6 is 0 Å². The summed E-state index contributed by atoms with van der Waals surface area (Å²) < 4.78 is 0. The van der Waals surface area contributed by atoms with Crippen LogP contribution in [0.1, 0.15) is 59.3 Å². The molecule has 0 aliphatic heterocycles. The highest BCUT2D eigenvalue weighted by Gasteiger charge is 1.93. The number of hydrogen-bond donors (Lipinski definition) is 2.